The molecule has 3 nitrogen and oxygen atoms in total. The maximum atomic E-state index is 6.14. The lowest BCUT2D eigenvalue weighted by Gasteiger charge is -2.17. The fourth-order valence-corrected chi connectivity index (χ4v) is 2.90. The lowest BCUT2D eigenvalue weighted by atomic mass is 10.0. The van der Waals surface area contributed by atoms with Gasteiger partial charge in [-0.05, 0) is 42.8 Å². The normalized spacial score (nSPS) is 12.6. The van der Waals surface area contributed by atoms with Gasteiger partial charge in [-0.1, -0.05) is 34.5 Å². The molecule has 0 radical (unpaired) electrons. The van der Waals surface area contributed by atoms with Crippen LogP contribution < -0.4 is 5.32 Å². The van der Waals surface area contributed by atoms with Crippen LogP contribution in [-0.2, 0) is 7.05 Å². The topological polar surface area (TPSA) is 29.9 Å². The summed E-state index contributed by atoms with van der Waals surface area (Å²) in [4.78, 5) is 0. The second-order valence-electron chi connectivity index (χ2n) is 4.50. The van der Waals surface area contributed by atoms with E-state index >= 15 is 0 Å². The molecule has 0 amide bonds. The van der Waals surface area contributed by atoms with E-state index < -0.39 is 0 Å². The van der Waals surface area contributed by atoms with Gasteiger partial charge < -0.3 is 5.32 Å². The minimum atomic E-state index is 0.0659. The number of rotatable bonds is 5. The van der Waals surface area contributed by atoms with Gasteiger partial charge in [0.2, 0.25) is 0 Å². The Bertz CT molecular complexity index is 533. The number of halogens is 2. The molecule has 0 saturated carbocycles. The van der Waals surface area contributed by atoms with Gasteiger partial charge in [0, 0.05) is 22.7 Å². The molecule has 1 N–H and O–H groups in total. The predicted molar refractivity (Wildman–Crippen MR) is 82.5 cm³/mol. The molecular weight excluding hydrogens is 326 g/mol. The third-order valence-corrected chi connectivity index (χ3v) is 3.52. The van der Waals surface area contributed by atoms with Crippen LogP contribution in [0.15, 0.2) is 34.9 Å². The third kappa shape index (κ3) is 3.81. The Morgan fingerprint density at radius 2 is 2.21 bits per heavy atom. The Morgan fingerprint density at radius 3 is 2.79 bits per heavy atom. The summed E-state index contributed by atoms with van der Waals surface area (Å²) in [5.41, 5.74) is 2.12. The summed E-state index contributed by atoms with van der Waals surface area (Å²) in [5.74, 6) is 0. The zero-order chi connectivity index (χ0) is 13.8. The highest BCUT2D eigenvalue weighted by atomic mass is 79.9. The molecule has 1 unspecified atom stereocenters. The summed E-state index contributed by atoms with van der Waals surface area (Å²) in [6.45, 7) is 3.09. The average molecular weight is 343 g/mol. The van der Waals surface area contributed by atoms with E-state index in [4.69, 9.17) is 11.6 Å². The maximum absolute atomic E-state index is 6.14. The first kappa shape index (κ1) is 14.6. The van der Waals surface area contributed by atoms with E-state index in [0.717, 1.165) is 33.7 Å². The number of nitrogens with one attached hydrogen (secondary N) is 1. The van der Waals surface area contributed by atoms with Gasteiger partial charge in [-0.2, -0.15) is 5.10 Å². The van der Waals surface area contributed by atoms with Crippen LogP contribution >= 0.6 is 27.5 Å². The summed E-state index contributed by atoms with van der Waals surface area (Å²) in [6.07, 6.45) is 3.03. The molecule has 5 heteroatoms. The molecule has 19 heavy (non-hydrogen) atoms. The molecule has 2 rings (SSSR count). The number of benzene rings is 1. The van der Waals surface area contributed by atoms with Gasteiger partial charge in [0.25, 0.3) is 0 Å². The zero-order valence-electron chi connectivity index (χ0n) is 11.0. The van der Waals surface area contributed by atoms with Crippen molar-refractivity contribution >= 4 is 27.5 Å². The van der Waals surface area contributed by atoms with Crippen LogP contribution in [0.5, 0.6) is 0 Å². The minimum Gasteiger partial charge on any atom is -0.305 e. The standard InChI is InChI=1S/C14H17BrClN3/c1-3-5-17-14(13-4-6-19(2)18-13)10-7-11(15)9-12(16)8-10/h4,6-9,14,17H,3,5H2,1-2H3. The van der Waals surface area contributed by atoms with Crippen molar-refractivity contribution in [1.82, 2.24) is 15.1 Å². The lowest BCUT2D eigenvalue weighted by molar-refractivity contribution is 0.575. The fourth-order valence-electron chi connectivity index (χ4n) is 2.01. The highest BCUT2D eigenvalue weighted by Gasteiger charge is 2.16. The van der Waals surface area contributed by atoms with Crippen molar-refractivity contribution in [2.24, 2.45) is 7.05 Å². The molecule has 1 heterocycles. The Hall–Kier alpha value is -0.840. The van der Waals surface area contributed by atoms with Crippen LogP contribution in [0.4, 0.5) is 0 Å². The number of hydrogen-bond acceptors (Lipinski definition) is 2. The highest BCUT2D eigenvalue weighted by Crippen LogP contribution is 2.27. The lowest BCUT2D eigenvalue weighted by Crippen LogP contribution is -2.23. The van der Waals surface area contributed by atoms with Crippen LogP contribution in [0.2, 0.25) is 5.02 Å². The number of hydrogen-bond donors (Lipinski definition) is 1. The smallest absolute Gasteiger partial charge is 0.0839 e. The molecule has 0 aliphatic carbocycles. The van der Waals surface area contributed by atoms with E-state index in [1.165, 1.54) is 0 Å². The first-order valence-corrected chi connectivity index (χ1v) is 7.46. The Labute approximate surface area is 127 Å². The Balaban J connectivity index is 2.36. The van der Waals surface area contributed by atoms with Gasteiger partial charge >= 0.3 is 0 Å². The highest BCUT2D eigenvalue weighted by molar-refractivity contribution is 9.10. The minimum absolute atomic E-state index is 0.0659. The molecule has 0 saturated heterocycles. The number of nitrogens with zero attached hydrogens (tertiary/aromatic N) is 2. The summed E-state index contributed by atoms with van der Waals surface area (Å²) in [7, 11) is 1.92. The van der Waals surface area contributed by atoms with E-state index in [1.54, 1.807) is 0 Å². The summed E-state index contributed by atoms with van der Waals surface area (Å²) in [6, 6.07) is 8.04. The maximum Gasteiger partial charge on any atom is 0.0839 e. The van der Waals surface area contributed by atoms with Crippen molar-refractivity contribution in [2.45, 2.75) is 19.4 Å². The second-order valence-corrected chi connectivity index (χ2v) is 5.86. The van der Waals surface area contributed by atoms with E-state index in [9.17, 15) is 0 Å². The first-order valence-electron chi connectivity index (χ1n) is 6.29. The zero-order valence-corrected chi connectivity index (χ0v) is 13.4. The molecule has 1 aromatic carbocycles. The number of aryl methyl sites for hydroxylation is 1. The molecule has 1 atom stereocenters. The number of aromatic nitrogens is 2. The largest absolute Gasteiger partial charge is 0.305 e. The van der Waals surface area contributed by atoms with Gasteiger partial charge in [0.05, 0.1) is 11.7 Å². The molecule has 0 aliphatic rings. The monoisotopic (exact) mass is 341 g/mol. The fraction of sp³-hybridized carbons (Fsp3) is 0.357. The third-order valence-electron chi connectivity index (χ3n) is 2.85. The van der Waals surface area contributed by atoms with Crippen molar-refractivity contribution in [3.63, 3.8) is 0 Å². The van der Waals surface area contributed by atoms with Gasteiger partial charge in [0.1, 0.15) is 0 Å². The summed E-state index contributed by atoms with van der Waals surface area (Å²) >= 11 is 9.63. The van der Waals surface area contributed by atoms with E-state index in [2.05, 4.69) is 39.3 Å². The van der Waals surface area contributed by atoms with Crippen LogP contribution in [-0.4, -0.2) is 16.3 Å². The predicted octanol–water partition coefficient (Wildman–Crippen LogP) is 3.93. The van der Waals surface area contributed by atoms with Crippen molar-refractivity contribution in [3.8, 4) is 0 Å². The van der Waals surface area contributed by atoms with Crippen molar-refractivity contribution < 1.29 is 0 Å². The Morgan fingerprint density at radius 1 is 1.42 bits per heavy atom. The quantitative estimate of drug-likeness (QED) is 0.892. The van der Waals surface area contributed by atoms with Gasteiger partial charge in [-0.15, -0.1) is 0 Å². The summed E-state index contributed by atoms with van der Waals surface area (Å²) < 4.78 is 2.80. The second kappa shape index (κ2) is 6.55. The van der Waals surface area contributed by atoms with E-state index in [0.29, 0.717) is 0 Å². The molecule has 1 aromatic heterocycles. The van der Waals surface area contributed by atoms with Gasteiger partial charge in [-0.25, -0.2) is 0 Å². The molecule has 0 fully saturated rings. The molecule has 2 aromatic rings. The van der Waals surface area contributed by atoms with Crippen molar-refractivity contribution in [3.05, 3.63) is 51.2 Å². The van der Waals surface area contributed by atoms with Crippen molar-refractivity contribution in [2.75, 3.05) is 6.54 Å². The van der Waals surface area contributed by atoms with Crippen LogP contribution in [0.3, 0.4) is 0 Å². The molecule has 0 spiro atoms. The Kier molecular flexibility index (Phi) is 5.02. The van der Waals surface area contributed by atoms with Crippen LogP contribution in [0.25, 0.3) is 0 Å². The van der Waals surface area contributed by atoms with Crippen LogP contribution in [0.1, 0.15) is 30.6 Å². The van der Waals surface area contributed by atoms with Crippen molar-refractivity contribution in [1.29, 1.82) is 0 Å². The molecular formula is C14H17BrClN3. The SMILES string of the molecule is CCCNC(c1cc(Cl)cc(Br)c1)c1ccn(C)n1. The molecule has 102 valence electrons. The summed E-state index contributed by atoms with van der Waals surface area (Å²) in [5, 5.41) is 8.74. The van der Waals surface area contributed by atoms with E-state index in [-0.39, 0.29) is 6.04 Å². The molecule has 0 aliphatic heterocycles. The van der Waals surface area contributed by atoms with Gasteiger partial charge in [-0.3, -0.25) is 4.68 Å². The molecule has 0 bridgehead atoms. The van der Waals surface area contributed by atoms with Crippen LogP contribution in [0, 0.1) is 0 Å². The average Bonchev–Trinajstić information content (AvgIpc) is 2.75. The van der Waals surface area contributed by atoms with Gasteiger partial charge in [0.15, 0.2) is 0 Å². The first-order chi connectivity index (χ1) is 9.10. The van der Waals surface area contributed by atoms with E-state index in [1.807, 2.05) is 36.1 Å².